The Balaban J connectivity index is 1.58. The first kappa shape index (κ1) is 27.9. The van der Waals surface area contributed by atoms with Crippen molar-refractivity contribution in [2.45, 2.75) is 51.2 Å². The van der Waals surface area contributed by atoms with E-state index in [1.807, 2.05) is 24.3 Å². The summed E-state index contributed by atoms with van der Waals surface area (Å²) in [6.45, 7) is -0.177. The summed E-state index contributed by atoms with van der Waals surface area (Å²) < 4.78 is 54.7. The van der Waals surface area contributed by atoms with E-state index in [4.69, 9.17) is 14.2 Å². The number of fused-ring (bicyclic) bond motifs is 12. The lowest BCUT2D eigenvalue weighted by molar-refractivity contribution is -0.154. The number of rotatable bonds is 3. The molecule has 0 spiro atoms. The number of aromatic nitrogens is 3. The molecule has 3 heterocycles. The first-order valence-corrected chi connectivity index (χ1v) is 12.8. The van der Waals surface area contributed by atoms with Gasteiger partial charge in [0.25, 0.3) is 0 Å². The van der Waals surface area contributed by atoms with E-state index in [0.717, 1.165) is 49.8 Å². The van der Waals surface area contributed by atoms with Crippen molar-refractivity contribution in [3.63, 3.8) is 0 Å². The number of carbonyl (C=O) groups excluding carboxylic acids is 1. The summed E-state index contributed by atoms with van der Waals surface area (Å²) >= 11 is 0. The zero-order chi connectivity index (χ0) is 27.5. The summed E-state index contributed by atoms with van der Waals surface area (Å²) in [4.78, 5) is 23.7. The number of hydrogen-bond acceptors (Lipinski definition) is 9. The van der Waals surface area contributed by atoms with Crippen molar-refractivity contribution in [3.8, 4) is 17.5 Å². The Bertz CT molecular complexity index is 1230. The summed E-state index contributed by atoms with van der Waals surface area (Å²) in [6.07, 6.45) is 2.19. The van der Waals surface area contributed by atoms with Crippen LogP contribution < -0.4 is 24.8 Å². The maximum Gasteiger partial charge on any atom is 0.422 e. The van der Waals surface area contributed by atoms with Gasteiger partial charge < -0.3 is 24.8 Å². The highest BCUT2D eigenvalue weighted by molar-refractivity contribution is 5.81. The third-order valence-corrected chi connectivity index (χ3v) is 5.82. The van der Waals surface area contributed by atoms with Crippen LogP contribution >= 0.6 is 0 Å². The zero-order valence-corrected chi connectivity index (χ0v) is 21.3. The first-order valence-electron chi connectivity index (χ1n) is 12.8. The maximum atomic E-state index is 12.8. The second kappa shape index (κ2) is 13.6. The van der Waals surface area contributed by atoms with Gasteiger partial charge in [0.1, 0.15) is 11.5 Å². The molecule has 3 aromatic rings. The normalized spacial score (nSPS) is 15.2. The number of carbonyl (C=O) groups is 1. The van der Waals surface area contributed by atoms with Crippen molar-refractivity contribution in [2.24, 2.45) is 0 Å². The summed E-state index contributed by atoms with van der Waals surface area (Å²) in [5, 5.41) is 5.93. The highest BCUT2D eigenvalue weighted by atomic mass is 19.4. The largest absolute Gasteiger partial charge is 0.494 e. The van der Waals surface area contributed by atoms with Crippen LogP contribution in [0.1, 0.15) is 54.4 Å². The van der Waals surface area contributed by atoms with E-state index < -0.39 is 18.8 Å². The molecule has 12 heteroatoms. The molecule has 208 valence electrons. The van der Waals surface area contributed by atoms with Crippen LogP contribution in [-0.4, -0.2) is 47.2 Å². The van der Waals surface area contributed by atoms with Crippen LogP contribution in [0, 0.1) is 0 Å². The number of nitrogens with one attached hydrogen (secondary N) is 2. The van der Waals surface area contributed by atoms with Gasteiger partial charge in [-0.15, -0.1) is 0 Å². The van der Waals surface area contributed by atoms with E-state index in [-0.39, 0.29) is 11.9 Å². The Morgan fingerprint density at radius 2 is 1.56 bits per heavy atom. The number of benzene rings is 2. The Hall–Kier alpha value is -4.09. The van der Waals surface area contributed by atoms with Crippen molar-refractivity contribution >= 4 is 23.9 Å². The van der Waals surface area contributed by atoms with E-state index in [1.165, 1.54) is 0 Å². The molecular weight excluding hydrogens is 515 g/mol. The molecule has 5 rings (SSSR count). The Morgan fingerprint density at radius 3 is 2.28 bits per heavy atom. The van der Waals surface area contributed by atoms with Crippen molar-refractivity contribution < 1.29 is 32.2 Å². The van der Waals surface area contributed by atoms with Crippen molar-refractivity contribution in [2.75, 3.05) is 30.5 Å². The minimum Gasteiger partial charge on any atom is -0.494 e. The molecule has 0 saturated heterocycles. The van der Waals surface area contributed by atoms with Crippen molar-refractivity contribution in [1.29, 1.82) is 0 Å². The number of alkyl halides is 3. The summed E-state index contributed by atoms with van der Waals surface area (Å²) in [5.41, 5.74) is 1.74. The van der Waals surface area contributed by atoms with Gasteiger partial charge in [-0.05, 0) is 42.7 Å². The quantitative estimate of drug-likeness (QED) is 0.378. The number of ether oxygens (including phenoxy) is 3. The third kappa shape index (κ3) is 9.31. The molecule has 0 aliphatic carbocycles. The lowest BCUT2D eigenvalue weighted by Crippen LogP contribution is -2.21. The van der Waals surface area contributed by atoms with Crippen molar-refractivity contribution in [3.05, 3.63) is 53.6 Å². The van der Waals surface area contributed by atoms with Gasteiger partial charge in [-0.3, -0.25) is 4.79 Å². The van der Waals surface area contributed by atoms with E-state index in [0.29, 0.717) is 43.0 Å². The molecule has 0 unspecified atom stereocenters. The number of anilines is 3. The van der Waals surface area contributed by atoms with Crippen LogP contribution in [0.5, 0.6) is 17.5 Å². The highest BCUT2D eigenvalue weighted by Gasteiger charge is 2.29. The number of halogens is 3. The first-order chi connectivity index (χ1) is 18.9. The molecule has 0 fully saturated rings. The number of nitrogens with zero attached hydrogens (tertiary/aromatic N) is 3. The molecule has 2 aliphatic rings. The van der Waals surface area contributed by atoms with E-state index in [2.05, 4.69) is 25.6 Å². The van der Waals surface area contributed by atoms with Crippen LogP contribution in [0.25, 0.3) is 0 Å². The van der Waals surface area contributed by atoms with Gasteiger partial charge in [0.2, 0.25) is 11.9 Å². The lowest BCUT2D eigenvalue weighted by Gasteiger charge is -2.13. The van der Waals surface area contributed by atoms with Gasteiger partial charge in [0.05, 0.1) is 18.8 Å². The molecule has 9 nitrogen and oxygen atoms in total. The monoisotopic (exact) mass is 545 g/mol. The van der Waals surface area contributed by atoms with E-state index in [9.17, 15) is 18.0 Å². The molecule has 39 heavy (non-hydrogen) atoms. The molecular formula is C27H30F3N5O4. The smallest absolute Gasteiger partial charge is 0.422 e. The van der Waals surface area contributed by atoms with Crippen LogP contribution in [0.2, 0.25) is 0 Å². The Morgan fingerprint density at radius 1 is 0.872 bits per heavy atom. The summed E-state index contributed by atoms with van der Waals surface area (Å²) in [5.74, 6) is 1.12. The fourth-order valence-electron chi connectivity index (χ4n) is 3.83. The van der Waals surface area contributed by atoms with Gasteiger partial charge in [0, 0.05) is 18.3 Å². The Kier molecular flexibility index (Phi) is 9.76. The number of aldehydes is 1. The molecule has 0 radical (unpaired) electrons. The molecule has 0 atom stereocenters. The standard InChI is InChI=1S/C27H30F3N5O4/c28-27(29,30)18-39-26-34-24-31-16-19-7-11-22(12-8-19)37-13-5-3-1-2-4-6-14-38-23-15-21(10-9-20(23)17-36)32-25(33-24)35-26/h7-12,15,17H,1-6,13-14,16,18H2,(H2,31,32,33,34,35). The third-order valence-electron chi connectivity index (χ3n) is 5.82. The molecule has 2 aromatic carbocycles. The average Bonchev–Trinajstić information content (AvgIpc) is 2.92. The van der Waals surface area contributed by atoms with Gasteiger partial charge in [0.15, 0.2) is 12.9 Å². The van der Waals surface area contributed by atoms with Gasteiger partial charge in [-0.25, -0.2) is 0 Å². The Labute approximate surface area is 224 Å². The SMILES string of the molecule is O=Cc1ccc2cc1OCCCCCCCCOc1ccc(cc1)CNc1nc(nc(OCC(F)(F)F)n1)N2. The molecule has 0 saturated carbocycles. The zero-order valence-electron chi connectivity index (χ0n) is 21.3. The summed E-state index contributed by atoms with van der Waals surface area (Å²) in [7, 11) is 0. The highest BCUT2D eigenvalue weighted by Crippen LogP contribution is 2.26. The summed E-state index contributed by atoms with van der Waals surface area (Å²) in [6, 6.07) is 11.8. The molecule has 2 N–H and O–H groups in total. The van der Waals surface area contributed by atoms with Gasteiger partial charge in [-0.2, -0.15) is 28.1 Å². The fourth-order valence-corrected chi connectivity index (χ4v) is 3.83. The van der Waals surface area contributed by atoms with Crippen LogP contribution in [0.4, 0.5) is 30.8 Å². The predicted octanol–water partition coefficient (Wildman–Crippen LogP) is 6.09. The van der Waals surface area contributed by atoms with Crippen LogP contribution in [-0.2, 0) is 6.54 Å². The predicted molar refractivity (Wildman–Crippen MR) is 139 cm³/mol. The van der Waals surface area contributed by atoms with Gasteiger partial charge in [-0.1, -0.05) is 37.8 Å². The second-order valence-corrected chi connectivity index (χ2v) is 8.98. The molecule has 6 bridgehead atoms. The fraction of sp³-hybridized carbons (Fsp3) is 0.407. The molecule has 0 amide bonds. The van der Waals surface area contributed by atoms with Crippen LogP contribution in [0.15, 0.2) is 42.5 Å². The molecule has 2 aliphatic heterocycles. The maximum absolute atomic E-state index is 12.8. The van der Waals surface area contributed by atoms with E-state index >= 15 is 0 Å². The van der Waals surface area contributed by atoms with Crippen molar-refractivity contribution in [1.82, 2.24) is 15.0 Å². The minimum absolute atomic E-state index is 0.0179. The van der Waals surface area contributed by atoms with E-state index in [1.54, 1.807) is 18.2 Å². The molecule has 1 aromatic heterocycles. The second-order valence-electron chi connectivity index (χ2n) is 8.98. The minimum atomic E-state index is -4.56. The van der Waals surface area contributed by atoms with Crippen LogP contribution in [0.3, 0.4) is 0 Å². The number of hydrogen-bond donors (Lipinski definition) is 2. The van der Waals surface area contributed by atoms with Gasteiger partial charge >= 0.3 is 12.2 Å². The lowest BCUT2D eigenvalue weighted by atomic mass is 10.1. The average molecular weight is 546 g/mol. The topological polar surface area (TPSA) is 107 Å².